The molecule has 0 unspecified atom stereocenters. The van der Waals surface area contributed by atoms with E-state index in [1.54, 1.807) is 4.90 Å². The van der Waals surface area contributed by atoms with E-state index >= 15 is 0 Å². The minimum atomic E-state index is -0.490. The molecule has 1 saturated heterocycles. The summed E-state index contributed by atoms with van der Waals surface area (Å²) in [6.07, 6.45) is 1.27. The van der Waals surface area contributed by atoms with Gasteiger partial charge in [0.05, 0.1) is 5.69 Å². The van der Waals surface area contributed by atoms with Crippen LogP contribution in [0.25, 0.3) is 22.4 Å². The summed E-state index contributed by atoms with van der Waals surface area (Å²) in [6.45, 7) is 11.0. The number of piperidine rings is 1. The minimum Gasteiger partial charge on any atom is -0.444 e. The molecule has 1 aliphatic heterocycles. The SMILES string of the molecule is CC(C)c1noc2ccc(-c3noc(C4CCN(C(=O)OC(C)(C)C)CC4)n3)cc12. The highest BCUT2D eigenvalue weighted by molar-refractivity contribution is 5.84. The lowest BCUT2D eigenvalue weighted by Crippen LogP contribution is -2.41. The van der Waals surface area contributed by atoms with E-state index in [0.717, 1.165) is 35.1 Å². The molecule has 0 bridgehead atoms. The molecule has 1 aromatic carbocycles. The molecular formula is C22H28N4O4. The maximum atomic E-state index is 12.2. The molecule has 0 saturated carbocycles. The van der Waals surface area contributed by atoms with Gasteiger partial charge in [-0.25, -0.2) is 4.79 Å². The number of hydrogen-bond donors (Lipinski definition) is 0. The van der Waals surface area contributed by atoms with Crippen molar-refractivity contribution in [2.75, 3.05) is 13.1 Å². The molecule has 1 aliphatic rings. The third-order valence-corrected chi connectivity index (χ3v) is 5.24. The zero-order valence-electron chi connectivity index (χ0n) is 18.1. The van der Waals surface area contributed by atoms with Gasteiger partial charge in [-0.1, -0.05) is 24.2 Å². The van der Waals surface area contributed by atoms with E-state index in [2.05, 4.69) is 29.1 Å². The summed E-state index contributed by atoms with van der Waals surface area (Å²) in [5.41, 5.74) is 2.05. The Kier molecular flexibility index (Phi) is 5.26. The molecule has 0 atom stereocenters. The minimum absolute atomic E-state index is 0.135. The second-order valence-electron chi connectivity index (χ2n) is 9.13. The number of likely N-dealkylation sites (tertiary alicyclic amines) is 1. The van der Waals surface area contributed by atoms with Crippen molar-refractivity contribution < 1.29 is 18.6 Å². The largest absolute Gasteiger partial charge is 0.444 e. The van der Waals surface area contributed by atoms with Crippen LogP contribution in [0.4, 0.5) is 4.79 Å². The highest BCUT2D eigenvalue weighted by Gasteiger charge is 2.30. The van der Waals surface area contributed by atoms with Crippen LogP contribution in [-0.4, -0.2) is 45.0 Å². The van der Waals surface area contributed by atoms with Gasteiger partial charge in [-0.3, -0.25) is 0 Å². The van der Waals surface area contributed by atoms with Crippen molar-refractivity contribution in [1.82, 2.24) is 20.2 Å². The smallest absolute Gasteiger partial charge is 0.410 e. The summed E-state index contributed by atoms with van der Waals surface area (Å²) in [7, 11) is 0. The molecule has 0 aliphatic carbocycles. The molecule has 3 heterocycles. The molecule has 3 aromatic rings. The topological polar surface area (TPSA) is 94.5 Å². The lowest BCUT2D eigenvalue weighted by molar-refractivity contribution is 0.0198. The molecule has 0 radical (unpaired) electrons. The van der Waals surface area contributed by atoms with Crippen molar-refractivity contribution in [1.29, 1.82) is 0 Å². The van der Waals surface area contributed by atoms with Crippen molar-refractivity contribution >= 4 is 17.1 Å². The highest BCUT2D eigenvalue weighted by atomic mass is 16.6. The number of amides is 1. The summed E-state index contributed by atoms with van der Waals surface area (Å²) in [4.78, 5) is 18.6. The number of carbonyl (C=O) groups is 1. The van der Waals surface area contributed by atoms with E-state index in [9.17, 15) is 4.79 Å². The molecule has 160 valence electrons. The molecule has 8 nitrogen and oxygen atoms in total. The normalized spacial score (nSPS) is 15.9. The molecular weight excluding hydrogens is 384 g/mol. The van der Waals surface area contributed by atoms with Crippen molar-refractivity contribution in [3.63, 3.8) is 0 Å². The first-order chi connectivity index (χ1) is 14.2. The molecule has 8 heteroatoms. The van der Waals surface area contributed by atoms with Crippen LogP contribution in [0.3, 0.4) is 0 Å². The molecule has 1 fully saturated rings. The Labute approximate surface area is 175 Å². The summed E-state index contributed by atoms with van der Waals surface area (Å²) in [6, 6.07) is 5.80. The van der Waals surface area contributed by atoms with Crippen LogP contribution in [0.15, 0.2) is 27.2 Å². The van der Waals surface area contributed by atoms with Crippen molar-refractivity contribution in [2.45, 2.75) is 64.9 Å². The van der Waals surface area contributed by atoms with E-state index in [4.69, 9.17) is 13.8 Å². The Bertz CT molecular complexity index is 1040. The molecule has 0 spiro atoms. The Hall–Kier alpha value is -2.90. The Morgan fingerprint density at radius 3 is 2.57 bits per heavy atom. The maximum absolute atomic E-state index is 12.2. The second-order valence-corrected chi connectivity index (χ2v) is 9.13. The number of ether oxygens (including phenoxy) is 1. The Morgan fingerprint density at radius 1 is 1.17 bits per heavy atom. The number of carbonyl (C=O) groups excluding carboxylic acids is 1. The molecule has 30 heavy (non-hydrogen) atoms. The van der Waals surface area contributed by atoms with Gasteiger partial charge in [0.25, 0.3) is 0 Å². The molecule has 0 N–H and O–H groups in total. The van der Waals surface area contributed by atoms with Gasteiger partial charge >= 0.3 is 6.09 Å². The lowest BCUT2D eigenvalue weighted by Gasteiger charge is -2.32. The number of rotatable bonds is 3. The average molecular weight is 412 g/mol. The van der Waals surface area contributed by atoms with Crippen molar-refractivity contribution in [3.8, 4) is 11.4 Å². The van der Waals surface area contributed by atoms with Crippen molar-refractivity contribution in [2.24, 2.45) is 0 Å². The molecule has 1 amide bonds. The van der Waals surface area contributed by atoms with Crippen LogP contribution >= 0.6 is 0 Å². The van der Waals surface area contributed by atoms with Gasteiger partial charge < -0.3 is 18.7 Å². The van der Waals surface area contributed by atoms with Crippen LogP contribution in [0.2, 0.25) is 0 Å². The number of nitrogens with zero attached hydrogens (tertiary/aromatic N) is 4. The van der Waals surface area contributed by atoms with Crippen LogP contribution in [0, 0.1) is 0 Å². The van der Waals surface area contributed by atoms with Gasteiger partial charge in [0.2, 0.25) is 11.7 Å². The van der Waals surface area contributed by atoms with Gasteiger partial charge in [-0.15, -0.1) is 0 Å². The number of benzene rings is 1. The lowest BCUT2D eigenvalue weighted by atomic mass is 9.97. The fraction of sp³-hybridized carbons (Fsp3) is 0.545. The first kappa shape index (κ1) is 20.4. The third-order valence-electron chi connectivity index (χ3n) is 5.24. The standard InChI is InChI=1S/C22H28N4O4/c1-13(2)18-16-12-15(6-7-17(16)29-24-18)19-23-20(30-25-19)14-8-10-26(11-9-14)21(27)28-22(3,4)5/h6-7,12-14H,8-11H2,1-5H3. The van der Waals surface area contributed by atoms with Gasteiger partial charge in [-0.05, 0) is 57.7 Å². The van der Waals surface area contributed by atoms with E-state index in [1.807, 2.05) is 39.0 Å². The fourth-order valence-electron chi connectivity index (χ4n) is 3.67. The van der Waals surface area contributed by atoms with Crippen LogP contribution in [0.1, 0.15) is 70.9 Å². The summed E-state index contributed by atoms with van der Waals surface area (Å²) in [5.74, 6) is 1.56. The van der Waals surface area contributed by atoms with Crippen LogP contribution in [-0.2, 0) is 4.74 Å². The Balaban J connectivity index is 1.46. The number of hydrogen-bond acceptors (Lipinski definition) is 7. The van der Waals surface area contributed by atoms with Gasteiger partial charge in [0.1, 0.15) is 5.60 Å². The fourth-order valence-corrected chi connectivity index (χ4v) is 3.67. The van der Waals surface area contributed by atoms with Gasteiger partial charge in [0.15, 0.2) is 5.58 Å². The first-order valence-corrected chi connectivity index (χ1v) is 10.4. The van der Waals surface area contributed by atoms with Crippen LogP contribution in [0.5, 0.6) is 0 Å². The van der Waals surface area contributed by atoms with E-state index in [-0.39, 0.29) is 17.9 Å². The Morgan fingerprint density at radius 2 is 1.90 bits per heavy atom. The predicted octanol–water partition coefficient (Wildman–Crippen LogP) is 5.12. The van der Waals surface area contributed by atoms with E-state index in [1.165, 1.54) is 0 Å². The quantitative estimate of drug-likeness (QED) is 0.589. The monoisotopic (exact) mass is 412 g/mol. The predicted molar refractivity (Wildman–Crippen MR) is 111 cm³/mol. The van der Waals surface area contributed by atoms with Gasteiger partial charge in [-0.2, -0.15) is 4.98 Å². The second kappa shape index (κ2) is 7.74. The highest BCUT2D eigenvalue weighted by Crippen LogP contribution is 2.31. The number of aromatic nitrogens is 3. The zero-order chi connectivity index (χ0) is 21.5. The molecule has 4 rings (SSSR count). The summed E-state index contributed by atoms with van der Waals surface area (Å²) in [5, 5.41) is 9.33. The molecule has 2 aromatic heterocycles. The van der Waals surface area contributed by atoms with Gasteiger partial charge in [0, 0.05) is 30.0 Å². The summed E-state index contributed by atoms with van der Waals surface area (Å²) < 4.78 is 16.4. The average Bonchev–Trinajstić information content (AvgIpc) is 3.33. The number of fused-ring (bicyclic) bond motifs is 1. The first-order valence-electron chi connectivity index (χ1n) is 10.4. The van der Waals surface area contributed by atoms with E-state index < -0.39 is 5.60 Å². The third kappa shape index (κ3) is 4.17. The van der Waals surface area contributed by atoms with Crippen LogP contribution < -0.4 is 0 Å². The van der Waals surface area contributed by atoms with Crippen molar-refractivity contribution in [3.05, 3.63) is 29.8 Å². The maximum Gasteiger partial charge on any atom is 0.410 e. The summed E-state index contributed by atoms with van der Waals surface area (Å²) >= 11 is 0. The zero-order valence-corrected chi connectivity index (χ0v) is 18.1. The van der Waals surface area contributed by atoms with E-state index in [0.29, 0.717) is 24.8 Å².